The van der Waals surface area contributed by atoms with Crippen molar-refractivity contribution in [2.45, 2.75) is 13.5 Å². The van der Waals surface area contributed by atoms with Crippen molar-refractivity contribution in [3.63, 3.8) is 0 Å². The number of nitrogens with one attached hydrogen (secondary N) is 1. The molecule has 6 heteroatoms. The smallest absolute Gasteiger partial charge is 0.121 e. The van der Waals surface area contributed by atoms with Crippen molar-refractivity contribution in [1.29, 1.82) is 0 Å². The number of halogens is 1. The van der Waals surface area contributed by atoms with E-state index in [0.29, 0.717) is 11.6 Å². The van der Waals surface area contributed by atoms with Gasteiger partial charge in [-0.25, -0.2) is 4.68 Å². The maximum absolute atomic E-state index is 6.19. The van der Waals surface area contributed by atoms with Gasteiger partial charge in [-0.15, -0.1) is 5.10 Å². The first-order valence-corrected chi connectivity index (χ1v) is 6.08. The summed E-state index contributed by atoms with van der Waals surface area (Å²) in [5.41, 5.74) is 1.72. The zero-order valence-corrected chi connectivity index (χ0v) is 11.1. The van der Waals surface area contributed by atoms with Crippen molar-refractivity contribution >= 4 is 11.6 Å². The number of hydrogen-bond acceptors (Lipinski definition) is 4. The quantitative estimate of drug-likeness (QED) is 0.900. The fourth-order valence-electron chi connectivity index (χ4n) is 1.61. The van der Waals surface area contributed by atoms with E-state index in [0.717, 1.165) is 23.7 Å². The van der Waals surface area contributed by atoms with Gasteiger partial charge >= 0.3 is 0 Å². The second kappa shape index (κ2) is 5.84. The van der Waals surface area contributed by atoms with Crippen LogP contribution in [0.5, 0.6) is 5.75 Å². The molecule has 96 valence electrons. The normalized spacial score (nSPS) is 10.6. The second-order valence-corrected chi connectivity index (χ2v) is 4.14. The molecule has 1 aromatic heterocycles. The van der Waals surface area contributed by atoms with Crippen LogP contribution in [0.25, 0.3) is 5.69 Å². The van der Waals surface area contributed by atoms with Crippen LogP contribution in [0.1, 0.15) is 12.6 Å². The molecule has 0 radical (unpaired) electrons. The van der Waals surface area contributed by atoms with E-state index in [-0.39, 0.29) is 0 Å². The molecular weight excluding hydrogens is 252 g/mol. The average Bonchev–Trinajstić information content (AvgIpc) is 2.85. The van der Waals surface area contributed by atoms with Gasteiger partial charge in [0.1, 0.15) is 5.75 Å². The number of aromatic nitrogens is 3. The summed E-state index contributed by atoms with van der Waals surface area (Å²) in [5, 5.41) is 11.8. The number of hydrogen-bond donors (Lipinski definition) is 1. The summed E-state index contributed by atoms with van der Waals surface area (Å²) < 4.78 is 6.91. The van der Waals surface area contributed by atoms with E-state index in [1.807, 2.05) is 19.1 Å². The second-order valence-electron chi connectivity index (χ2n) is 3.73. The third kappa shape index (κ3) is 2.63. The molecule has 5 nitrogen and oxygen atoms in total. The Kier molecular flexibility index (Phi) is 4.17. The van der Waals surface area contributed by atoms with E-state index in [9.17, 15) is 0 Å². The Hall–Kier alpha value is -1.59. The van der Waals surface area contributed by atoms with Gasteiger partial charge in [-0.05, 0) is 18.7 Å². The molecule has 0 spiro atoms. The van der Waals surface area contributed by atoms with Crippen molar-refractivity contribution in [2.24, 2.45) is 0 Å². The molecule has 1 aromatic carbocycles. The zero-order chi connectivity index (χ0) is 13.0. The number of rotatable bonds is 5. The monoisotopic (exact) mass is 266 g/mol. The van der Waals surface area contributed by atoms with Gasteiger partial charge in [0.25, 0.3) is 0 Å². The third-order valence-electron chi connectivity index (χ3n) is 2.56. The lowest BCUT2D eigenvalue weighted by Gasteiger charge is -2.09. The summed E-state index contributed by atoms with van der Waals surface area (Å²) in [4.78, 5) is 0. The molecule has 0 saturated carbocycles. The molecular formula is C12H15ClN4O. The Bertz CT molecular complexity index is 527. The van der Waals surface area contributed by atoms with Crippen molar-refractivity contribution < 1.29 is 4.74 Å². The predicted molar refractivity (Wildman–Crippen MR) is 70.3 cm³/mol. The first-order chi connectivity index (χ1) is 8.76. The number of benzene rings is 1. The summed E-state index contributed by atoms with van der Waals surface area (Å²) in [6, 6.07) is 5.44. The van der Waals surface area contributed by atoms with Crippen LogP contribution in [0.2, 0.25) is 5.02 Å². The first-order valence-electron chi connectivity index (χ1n) is 5.70. The molecule has 0 aliphatic rings. The molecule has 0 fully saturated rings. The summed E-state index contributed by atoms with van der Waals surface area (Å²) in [6.45, 7) is 3.63. The zero-order valence-electron chi connectivity index (χ0n) is 10.4. The van der Waals surface area contributed by atoms with E-state index in [1.165, 1.54) is 0 Å². The largest absolute Gasteiger partial charge is 0.497 e. The van der Waals surface area contributed by atoms with Crippen LogP contribution in [0, 0.1) is 0 Å². The van der Waals surface area contributed by atoms with E-state index in [4.69, 9.17) is 16.3 Å². The van der Waals surface area contributed by atoms with E-state index in [1.54, 1.807) is 24.1 Å². The Labute approximate surface area is 111 Å². The molecule has 2 rings (SSSR count). The Morgan fingerprint density at radius 1 is 1.44 bits per heavy atom. The van der Waals surface area contributed by atoms with E-state index >= 15 is 0 Å². The molecule has 0 aliphatic carbocycles. The van der Waals surface area contributed by atoms with Crippen LogP contribution in [0.15, 0.2) is 24.4 Å². The molecule has 0 bridgehead atoms. The van der Waals surface area contributed by atoms with Gasteiger partial charge in [0.2, 0.25) is 0 Å². The Balaban J connectivity index is 2.38. The van der Waals surface area contributed by atoms with Crippen LogP contribution >= 0.6 is 11.6 Å². The Morgan fingerprint density at radius 2 is 2.28 bits per heavy atom. The van der Waals surface area contributed by atoms with Crippen LogP contribution in [0.4, 0.5) is 0 Å². The first kappa shape index (κ1) is 12.9. The van der Waals surface area contributed by atoms with Crippen molar-refractivity contribution in [2.75, 3.05) is 13.7 Å². The standard InChI is InChI=1S/C12H15ClN4O/c1-3-14-7-9-8-15-16-17(9)12-6-10(18-2)4-5-11(12)13/h4-6,8,14H,3,7H2,1-2H3. The number of nitrogens with zero attached hydrogens (tertiary/aromatic N) is 3. The fourth-order valence-corrected chi connectivity index (χ4v) is 1.81. The number of methoxy groups -OCH3 is 1. The van der Waals surface area contributed by atoms with Gasteiger partial charge in [-0.1, -0.05) is 23.7 Å². The van der Waals surface area contributed by atoms with Gasteiger partial charge in [-0.2, -0.15) is 0 Å². The lowest BCUT2D eigenvalue weighted by atomic mass is 10.3. The summed E-state index contributed by atoms with van der Waals surface area (Å²) in [5.74, 6) is 0.735. The van der Waals surface area contributed by atoms with Gasteiger partial charge in [0, 0.05) is 12.6 Å². The van der Waals surface area contributed by atoms with Crippen LogP contribution in [-0.4, -0.2) is 28.6 Å². The molecule has 1 N–H and O–H groups in total. The average molecular weight is 267 g/mol. The SMILES string of the molecule is CCNCc1cnnn1-c1cc(OC)ccc1Cl. The maximum atomic E-state index is 6.19. The van der Waals surface area contributed by atoms with E-state index in [2.05, 4.69) is 15.6 Å². The van der Waals surface area contributed by atoms with Crippen LogP contribution in [-0.2, 0) is 6.54 Å². The number of ether oxygens (including phenoxy) is 1. The molecule has 0 atom stereocenters. The maximum Gasteiger partial charge on any atom is 0.121 e. The third-order valence-corrected chi connectivity index (χ3v) is 2.88. The van der Waals surface area contributed by atoms with Gasteiger partial charge in [-0.3, -0.25) is 0 Å². The molecule has 0 amide bonds. The molecule has 1 heterocycles. The molecule has 0 aliphatic heterocycles. The van der Waals surface area contributed by atoms with Crippen molar-refractivity contribution in [3.8, 4) is 11.4 Å². The lowest BCUT2D eigenvalue weighted by Crippen LogP contribution is -2.15. The van der Waals surface area contributed by atoms with Crippen LogP contribution < -0.4 is 10.1 Å². The lowest BCUT2D eigenvalue weighted by molar-refractivity contribution is 0.414. The molecule has 18 heavy (non-hydrogen) atoms. The van der Waals surface area contributed by atoms with Crippen molar-refractivity contribution in [3.05, 3.63) is 35.1 Å². The minimum absolute atomic E-state index is 0.610. The highest BCUT2D eigenvalue weighted by molar-refractivity contribution is 6.32. The minimum atomic E-state index is 0.610. The van der Waals surface area contributed by atoms with Crippen molar-refractivity contribution in [1.82, 2.24) is 20.3 Å². The van der Waals surface area contributed by atoms with Gasteiger partial charge in [0.05, 0.1) is 29.7 Å². The fraction of sp³-hybridized carbons (Fsp3) is 0.333. The predicted octanol–water partition coefficient (Wildman–Crippen LogP) is 2.04. The van der Waals surface area contributed by atoms with Gasteiger partial charge < -0.3 is 10.1 Å². The van der Waals surface area contributed by atoms with Crippen LogP contribution in [0.3, 0.4) is 0 Å². The van der Waals surface area contributed by atoms with E-state index < -0.39 is 0 Å². The topological polar surface area (TPSA) is 52.0 Å². The summed E-state index contributed by atoms with van der Waals surface area (Å²) in [6.07, 6.45) is 1.72. The summed E-state index contributed by atoms with van der Waals surface area (Å²) in [7, 11) is 1.62. The highest BCUT2D eigenvalue weighted by Crippen LogP contribution is 2.25. The minimum Gasteiger partial charge on any atom is -0.497 e. The highest BCUT2D eigenvalue weighted by atomic mass is 35.5. The molecule has 0 saturated heterocycles. The van der Waals surface area contributed by atoms with Gasteiger partial charge in [0.15, 0.2) is 0 Å². The molecule has 0 unspecified atom stereocenters. The Morgan fingerprint density at radius 3 is 3.00 bits per heavy atom. The molecule has 2 aromatic rings. The summed E-state index contributed by atoms with van der Waals surface area (Å²) >= 11 is 6.19. The highest BCUT2D eigenvalue weighted by Gasteiger charge is 2.10.